The summed E-state index contributed by atoms with van der Waals surface area (Å²) in [5.74, 6) is 2.34. The van der Waals surface area contributed by atoms with Gasteiger partial charge in [-0.05, 0) is 38.0 Å². The van der Waals surface area contributed by atoms with E-state index in [-0.39, 0.29) is 31.1 Å². The average molecular weight is 386 g/mol. The number of nitrogens with zero attached hydrogens (tertiary/aromatic N) is 1. The molecule has 1 aromatic heterocycles. The third-order valence-corrected chi connectivity index (χ3v) is 5.75. The molecule has 1 aliphatic carbocycles. The molecule has 1 saturated carbocycles. The molecule has 150 valence electrons. The highest BCUT2D eigenvalue weighted by atomic mass is 16.7. The number of hydrogen-bond donors (Lipinski definition) is 2. The van der Waals surface area contributed by atoms with Crippen LogP contribution in [0.3, 0.4) is 0 Å². The lowest BCUT2D eigenvalue weighted by Gasteiger charge is -2.35. The monoisotopic (exact) mass is 386 g/mol. The van der Waals surface area contributed by atoms with Gasteiger partial charge < -0.3 is 24.3 Å². The number of aliphatic hydroxyl groups excluding tert-OH is 1. The number of aliphatic hydroxyl groups is 1. The molecule has 0 radical (unpaired) electrons. The molecule has 4 rings (SSSR count). The summed E-state index contributed by atoms with van der Waals surface area (Å²) in [6.07, 6.45) is 5.50. The summed E-state index contributed by atoms with van der Waals surface area (Å²) in [6, 6.07) is 5.50. The number of nitrogens with one attached hydrogen (secondary N) is 1. The van der Waals surface area contributed by atoms with E-state index in [1.54, 1.807) is 0 Å². The maximum Gasteiger partial charge on any atom is 0.231 e. The second-order valence-electron chi connectivity index (χ2n) is 7.76. The predicted octanol–water partition coefficient (Wildman–Crippen LogP) is 2.98. The quantitative estimate of drug-likeness (QED) is 0.793. The standard InChI is InChI=1S/C21H26N2O5/c1-14-16(10-19(25)22-11-21(12-24)7-3-2-4-8-21)23-20(28-14)15-5-6-17-18(9-15)27-13-26-17/h5-6,9,24H,2-4,7-8,10-13H2,1H3,(H,22,25). The third kappa shape index (κ3) is 3.85. The summed E-state index contributed by atoms with van der Waals surface area (Å²) in [5.41, 5.74) is 1.22. The first kappa shape index (κ1) is 18.8. The van der Waals surface area contributed by atoms with Gasteiger partial charge in [-0.1, -0.05) is 19.3 Å². The van der Waals surface area contributed by atoms with Crippen molar-refractivity contribution in [2.45, 2.75) is 45.4 Å². The van der Waals surface area contributed by atoms with Gasteiger partial charge in [0.2, 0.25) is 18.6 Å². The Morgan fingerprint density at radius 2 is 2.00 bits per heavy atom. The Bertz CT molecular complexity index is 854. The largest absolute Gasteiger partial charge is 0.454 e. The molecule has 2 aliphatic rings. The van der Waals surface area contributed by atoms with Crippen LogP contribution in [0.1, 0.15) is 43.6 Å². The molecule has 1 amide bonds. The topological polar surface area (TPSA) is 93.8 Å². The third-order valence-electron chi connectivity index (χ3n) is 5.75. The Hall–Kier alpha value is -2.54. The van der Waals surface area contributed by atoms with Gasteiger partial charge in [-0.25, -0.2) is 4.98 Å². The first-order chi connectivity index (χ1) is 13.6. The number of ether oxygens (including phenoxy) is 2. The van der Waals surface area contributed by atoms with Crippen molar-refractivity contribution in [1.29, 1.82) is 0 Å². The van der Waals surface area contributed by atoms with Crippen molar-refractivity contribution in [2.75, 3.05) is 19.9 Å². The van der Waals surface area contributed by atoms with Crippen LogP contribution in [-0.2, 0) is 11.2 Å². The lowest BCUT2D eigenvalue weighted by Crippen LogP contribution is -2.41. The van der Waals surface area contributed by atoms with E-state index in [0.717, 1.165) is 31.2 Å². The van der Waals surface area contributed by atoms with Gasteiger partial charge in [-0.2, -0.15) is 0 Å². The van der Waals surface area contributed by atoms with Crippen LogP contribution in [-0.4, -0.2) is 35.9 Å². The van der Waals surface area contributed by atoms with E-state index < -0.39 is 0 Å². The molecule has 7 nitrogen and oxygen atoms in total. The minimum atomic E-state index is -0.176. The molecule has 1 aromatic carbocycles. The molecule has 7 heteroatoms. The molecule has 0 spiro atoms. The van der Waals surface area contributed by atoms with E-state index in [1.165, 1.54) is 6.42 Å². The molecule has 2 aromatic rings. The lowest BCUT2D eigenvalue weighted by molar-refractivity contribution is -0.121. The average Bonchev–Trinajstić information content (AvgIpc) is 3.33. The molecule has 1 aliphatic heterocycles. The van der Waals surface area contributed by atoms with E-state index >= 15 is 0 Å². The minimum Gasteiger partial charge on any atom is -0.454 e. The van der Waals surface area contributed by atoms with Gasteiger partial charge in [0.1, 0.15) is 5.76 Å². The number of amides is 1. The second-order valence-corrected chi connectivity index (χ2v) is 7.76. The van der Waals surface area contributed by atoms with Crippen LogP contribution in [0, 0.1) is 12.3 Å². The van der Waals surface area contributed by atoms with Gasteiger partial charge in [-0.15, -0.1) is 0 Å². The Balaban J connectivity index is 1.40. The van der Waals surface area contributed by atoms with E-state index in [9.17, 15) is 9.90 Å². The number of oxazole rings is 1. The van der Waals surface area contributed by atoms with Gasteiger partial charge in [0, 0.05) is 17.5 Å². The van der Waals surface area contributed by atoms with Crippen LogP contribution in [0.25, 0.3) is 11.5 Å². The summed E-state index contributed by atoms with van der Waals surface area (Å²) in [7, 11) is 0. The van der Waals surface area contributed by atoms with Gasteiger partial charge in [-0.3, -0.25) is 4.79 Å². The Kier molecular flexibility index (Phi) is 5.26. The Labute approximate surface area is 164 Å². The van der Waals surface area contributed by atoms with Crippen molar-refractivity contribution in [3.63, 3.8) is 0 Å². The SMILES string of the molecule is Cc1oc(-c2ccc3c(c2)OCO3)nc1CC(=O)NCC1(CO)CCCCC1. The number of aromatic nitrogens is 1. The zero-order valence-electron chi connectivity index (χ0n) is 16.1. The van der Waals surface area contributed by atoms with Crippen LogP contribution in [0.5, 0.6) is 11.5 Å². The molecular weight excluding hydrogens is 360 g/mol. The zero-order chi connectivity index (χ0) is 19.6. The predicted molar refractivity (Wildman–Crippen MR) is 102 cm³/mol. The number of hydrogen-bond acceptors (Lipinski definition) is 6. The summed E-state index contributed by atoms with van der Waals surface area (Å²) >= 11 is 0. The molecule has 28 heavy (non-hydrogen) atoms. The number of aryl methyl sites for hydroxylation is 1. The lowest BCUT2D eigenvalue weighted by atomic mass is 9.74. The van der Waals surface area contributed by atoms with Crippen molar-refractivity contribution in [3.8, 4) is 23.0 Å². The fraction of sp³-hybridized carbons (Fsp3) is 0.524. The van der Waals surface area contributed by atoms with Gasteiger partial charge >= 0.3 is 0 Å². The van der Waals surface area contributed by atoms with Crippen LogP contribution in [0.4, 0.5) is 0 Å². The highest BCUT2D eigenvalue weighted by Crippen LogP contribution is 2.36. The number of carbonyl (C=O) groups excluding carboxylic acids is 1. The maximum atomic E-state index is 12.5. The molecule has 2 N–H and O–H groups in total. The van der Waals surface area contributed by atoms with Gasteiger partial charge in [0.05, 0.1) is 18.7 Å². The number of rotatable bonds is 6. The first-order valence-corrected chi connectivity index (χ1v) is 9.82. The fourth-order valence-corrected chi connectivity index (χ4v) is 3.94. The van der Waals surface area contributed by atoms with Crippen LogP contribution in [0.15, 0.2) is 22.6 Å². The number of benzene rings is 1. The van der Waals surface area contributed by atoms with E-state index in [0.29, 0.717) is 35.4 Å². The van der Waals surface area contributed by atoms with Crippen LogP contribution >= 0.6 is 0 Å². The first-order valence-electron chi connectivity index (χ1n) is 9.82. The molecular formula is C21H26N2O5. The molecule has 2 heterocycles. The van der Waals surface area contributed by atoms with E-state index in [1.807, 2.05) is 25.1 Å². The fourth-order valence-electron chi connectivity index (χ4n) is 3.94. The van der Waals surface area contributed by atoms with Crippen LogP contribution < -0.4 is 14.8 Å². The Morgan fingerprint density at radius 1 is 1.21 bits per heavy atom. The number of fused-ring (bicyclic) bond motifs is 1. The highest BCUT2D eigenvalue weighted by Gasteiger charge is 2.31. The summed E-state index contributed by atoms with van der Waals surface area (Å²) < 4.78 is 16.5. The van der Waals surface area contributed by atoms with Gasteiger partial charge in [0.25, 0.3) is 0 Å². The van der Waals surface area contributed by atoms with E-state index in [4.69, 9.17) is 13.9 Å². The van der Waals surface area contributed by atoms with Crippen molar-refractivity contribution in [1.82, 2.24) is 10.3 Å². The summed E-state index contributed by atoms with van der Waals surface area (Å²) in [5, 5.41) is 12.8. The molecule has 0 saturated heterocycles. The zero-order valence-corrected chi connectivity index (χ0v) is 16.1. The summed E-state index contributed by atoms with van der Waals surface area (Å²) in [6.45, 7) is 2.64. The summed E-state index contributed by atoms with van der Waals surface area (Å²) in [4.78, 5) is 17.0. The smallest absolute Gasteiger partial charge is 0.231 e. The molecule has 0 unspecified atom stereocenters. The molecule has 0 bridgehead atoms. The molecule has 0 atom stereocenters. The van der Waals surface area contributed by atoms with Crippen molar-refractivity contribution in [2.24, 2.45) is 5.41 Å². The van der Waals surface area contributed by atoms with Crippen LogP contribution in [0.2, 0.25) is 0 Å². The maximum absolute atomic E-state index is 12.5. The van der Waals surface area contributed by atoms with Crippen molar-refractivity contribution < 1.29 is 23.8 Å². The van der Waals surface area contributed by atoms with Crippen molar-refractivity contribution in [3.05, 3.63) is 29.7 Å². The molecule has 1 fully saturated rings. The van der Waals surface area contributed by atoms with E-state index in [2.05, 4.69) is 10.3 Å². The second kappa shape index (κ2) is 7.83. The Morgan fingerprint density at radius 3 is 2.79 bits per heavy atom. The van der Waals surface area contributed by atoms with Crippen molar-refractivity contribution >= 4 is 5.91 Å². The minimum absolute atomic E-state index is 0.105. The highest BCUT2D eigenvalue weighted by molar-refractivity contribution is 5.78. The number of carbonyl (C=O) groups is 1. The van der Waals surface area contributed by atoms with Gasteiger partial charge in [0.15, 0.2) is 11.5 Å². The normalized spacial score (nSPS) is 17.5.